The third kappa shape index (κ3) is 3.89. The first kappa shape index (κ1) is 16.1. The molecule has 1 aromatic carbocycles. The van der Waals surface area contributed by atoms with Crippen molar-refractivity contribution in [3.05, 3.63) is 28.8 Å². The quantitative estimate of drug-likeness (QED) is 0.899. The summed E-state index contributed by atoms with van der Waals surface area (Å²) < 4.78 is 0. The molecule has 0 heterocycles. The molecule has 116 valence electrons. The van der Waals surface area contributed by atoms with Crippen LogP contribution in [0.4, 0.5) is 5.69 Å². The summed E-state index contributed by atoms with van der Waals surface area (Å²) in [6.45, 7) is 0.703. The Bertz CT molecular complexity index is 504. The van der Waals surface area contributed by atoms with Crippen molar-refractivity contribution < 1.29 is 4.79 Å². The molecule has 3 N–H and O–H groups in total. The maximum absolute atomic E-state index is 12.1. The maximum Gasteiger partial charge on any atom is 0.254 e. The predicted octanol–water partition coefficient (Wildman–Crippen LogP) is 2.97. The number of benzene rings is 1. The van der Waals surface area contributed by atoms with Crippen molar-refractivity contribution in [1.29, 1.82) is 0 Å². The summed E-state index contributed by atoms with van der Waals surface area (Å²) in [5.74, 6) is 0.421. The number of amides is 1. The van der Waals surface area contributed by atoms with Gasteiger partial charge in [-0.1, -0.05) is 24.4 Å². The van der Waals surface area contributed by atoms with E-state index in [0.29, 0.717) is 29.1 Å². The highest BCUT2D eigenvalue weighted by Gasteiger charge is 2.24. The summed E-state index contributed by atoms with van der Waals surface area (Å²) in [6.07, 6.45) is 4.78. The van der Waals surface area contributed by atoms with Gasteiger partial charge in [0.05, 0.1) is 10.6 Å². The van der Waals surface area contributed by atoms with Gasteiger partial charge < -0.3 is 16.0 Å². The van der Waals surface area contributed by atoms with Gasteiger partial charge in [0, 0.05) is 25.8 Å². The summed E-state index contributed by atoms with van der Waals surface area (Å²) in [4.78, 5) is 13.7. The van der Waals surface area contributed by atoms with Gasteiger partial charge in [0.15, 0.2) is 0 Å². The van der Waals surface area contributed by atoms with Gasteiger partial charge in [-0.15, -0.1) is 0 Å². The monoisotopic (exact) mass is 309 g/mol. The Morgan fingerprint density at radius 3 is 2.76 bits per heavy atom. The normalized spacial score (nSPS) is 21.9. The Morgan fingerprint density at radius 1 is 1.38 bits per heavy atom. The zero-order valence-corrected chi connectivity index (χ0v) is 13.5. The van der Waals surface area contributed by atoms with Crippen molar-refractivity contribution in [2.75, 3.05) is 26.0 Å². The van der Waals surface area contributed by atoms with Gasteiger partial charge in [0.25, 0.3) is 5.91 Å². The maximum atomic E-state index is 12.1. The summed E-state index contributed by atoms with van der Waals surface area (Å²) in [5.41, 5.74) is 7.34. The lowest BCUT2D eigenvalue weighted by atomic mass is 9.84. The van der Waals surface area contributed by atoms with Crippen molar-refractivity contribution in [3.63, 3.8) is 0 Å². The largest absolute Gasteiger partial charge is 0.382 e. The van der Waals surface area contributed by atoms with E-state index in [-0.39, 0.29) is 5.91 Å². The molecule has 1 amide bonds. The first-order valence-corrected chi connectivity index (χ1v) is 7.88. The fourth-order valence-corrected chi connectivity index (χ4v) is 3.11. The van der Waals surface area contributed by atoms with E-state index in [1.807, 2.05) is 12.1 Å². The molecular formula is C16H24ClN3O. The van der Waals surface area contributed by atoms with E-state index in [1.54, 1.807) is 20.2 Å². The molecule has 2 unspecified atom stereocenters. The van der Waals surface area contributed by atoms with E-state index < -0.39 is 0 Å². The molecule has 0 aromatic heterocycles. The molecule has 0 bridgehead atoms. The average molecular weight is 310 g/mol. The van der Waals surface area contributed by atoms with E-state index in [4.69, 9.17) is 17.3 Å². The third-order valence-electron chi connectivity index (χ3n) is 4.17. The lowest BCUT2D eigenvalue weighted by Gasteiger charge is -2.32. The van der Waals surface area contributed by atoms with Gasteiger partial charge in [-0.2, -0.15) is 0 Å². The molecule has 2 rings (SSSR count). The van der Waals surface area contributed by atoms with Crippen molar-refractivity contribution >= 4 is 23.2 Å². The van der Waals surface area contributed by atoms with Crippen LogP contribution >= 0.6 is 11.6 Å². The van der Waals surface area contributed by atoms with Crippen LogP contribution in [0.15, 0.2) is 18.2 Å². The number of rotatable bonds is 4. The van der Waals surface area contributed by atoms with E-state index >= 15 is 0 Å². The topological polar surface area (TPSA) is 58.4 Å². The molecule has 0 spiro atoms. The lowest BCUT2D eigenvalue weighted by molar-refractivity contribution is 0.0828. The number of nitrogens with two attached hydrogens (primary N) is 1. The number of anilines is 1. The highest BCUT2D eigenvalue weighted by molar-refractivity contribution is 6.34. The molecule has 2 atom stereocenters. The molecule has 5 heteroatoms. The molecule has 0 radical (unpaired) electrons. The molecule has 1 aliphatic carbocycles. The van der Waals surface area contributed by atoms with Gasteiger partial charge in [0.1, 0.15) is 0 Å². The van der Waals surface area contributed by atoms with Crippen LogP contribution in [0.25, 0.3) is 0 Å². The van der Waals surface area contributed by atoms with Gasteiger partial charge in [-0.25, -0.2) is 0 Å². The van der Waals surface area contributed by atoms with Crippen molar-refractivity contribution in [2.45, 2.75) is 31.7 Å². The van der Waals surface area contributed by atoms with Crippen LogP contribution in [0.5, 0.6) is 0 Å². The van der Waals surface area contributed by atoms with Crippen LogP contribution < -0.4 is 11.1 Å². The predicted molar refractivity (Wildman–Crippen MR) is 87.9 cm³/mol. The van der Waals surface area contributed by atoms with E-state index in [1.165, 1.54) is 24.2 Å². The Labute approximate surface area is 131 Å². The number of carbonyl (C=O) groups is 1. The summed E-state index contributed by atoms with van der Waals surface area (Å²) in [6, 6.07) is 5.93. The highest BCUT2D eigenvalue weighted by Crippen LogP contribution is 2.28. The summed E-state index contributed by atoms with van der Waals surface area (Å²) >= 11 is 6.14. The minimum atomic E-state index is -0.0809. The standard InChI is InChI=1S/C16H24ClN3O/c1-20(2)16(21)13-9-12(7-8-14(13)17)19-15-6-4-3-5-11(15)10-18/h7-9,11,15,19H,3-6,10,18H2,1-2H3. The fraction of sp³-hybridized carbons (Fsp3) is 0.562. The molecular weight excluding hydrogens is 286 g/mol. The van der Waals surface area contributed by atoms with Gasteiger partial charge in [0.2, 0.25) is 0 Å². The Morgan fingerprint density at radius 2 is 2.10 bits per heavy atom. The van der Waals surface area contributed by atoms with Gasteiger partial charge in [-0.05, 0) is 43.5 Å². The van der Waals surface area contributed by atoms with Crippen LogP contribution in [-0.2, 0) is 0 Å². The Balaban J connectivity index is 2.17. The molecule has 4 nitrogen and oxygen atoms in total. The van der Waals surface area contributed by atoms with Crippen molar-refractivity contribution in [1.82, 2.24) is 4.90 Å². The van der Waals surface area contributed by atoms with Crippen LogP contribution in [0.3, 0.4) is 0 Å². The third-order valence-corrected chi connectivity index (χ3v) is 4.50. The Hall–Kier alpha value is -1.26. The number of carbonyl (C=O) groups excluding carboxylic acids is 1. The van der Waals surface area contributed by atoms with Crippen LogP contribution in [0.1, 0.15) is 36.0 Å². The van der Waals surface area contributed by atoms with Crippen molar-refractivity contribution in [3.8, 4) is 0 Å². The summed E-state index contributed by atoms with van der Waals surface area (Å²) in [5, 5.41) is 4.02. The second kappa shape index (κ2) is 7.14. The fourth-order valence-electron chi connectivity index (χ4n) is 2.91. The molecule has 1 aliphatic rings. The van der Waals surface area contributed by atoms with Crippen LogP contribution in [-0.4, -0.2) is 37.5 Å². The Kier molecular flexibility index (Phi) is 5.48. The molecule has 1 saturated carbocycles. The number of nitrogens with zero attached hydrogens (tertiary/aromatic N) is 1. The first-order valence-electron chi connectivity index (χ1n) is 7.50. The van der Waals surface area contributed by atoms with Crippen LogP contribution in [0, 0.1) is 5.92 Å². The molecule has 0 saturated heterocycles. The molecule has 0 aliphatic heterocycles. The zero-order chi connectivity index (χ0) is 15.4. The smallest absolute Gasteiger partial charge is 0.254 e. The number of hydrogen-bond donors (Lipinski definition) is 2. The minimum absolute atomic E-state index is 0.0809. The SMILES string of the molecule is CN(C)C(=O)c1cc(NC2CCCCC2CN)ccc1Cl. The summed E-state index contributed by atoms with van der Waals surface area (Å²) in [7, 11) is 3.45. The van der Waals surface area contributed by atoms with Gasteiger partial charge >= 0.3 is 0 Å². The van der Waals surface area contributed by atoms with Crippen molar-refractivity contribution in [2.24, 2.45) is 11.7 Å². The minimum Gasteiger partial charge on any atom is -0.382 e. The first-order chi connectivity index (χ1) is 10.0. The number of nitrogens with one attached hydrogen (secondary N) is 1. The van der Waals surface area contributed by atoms with E-state index in [9.17, 15) is 4.79 Å². The second-order valence-electron chi connectivity index (χ2n) is 5.93. The zero-order valence-electron chi connectivity index (χ0n) is 12.7. The second-order valence-corrected chi connectivity index (χ2v) is 6.33. The molecule has 1 fully saturated rings. The molecule has 1 aromatic rings. The average Bonchev–Trinajstić information content (AvgIpc) is 2.49. The lowest BCUT2D eigenvalue weighted by Crippen LogP contribution is -2.36. The van der Waals surface area contributed by atoms with E-state index in [2.05, 4.69) is 5.32 Å². The van der Waals surface area contributed by atoms with E-state index in [0.717, 1.165) is 12.1 Å². The number of halogens is 1. The van der Waals surface area contributed by atoms with Gasteiger partial charge in [-0.3, -0.25) is 4.79 Å². The highest BCUT2D eigenvalue weighted by atomic mass is 35.5. The van der Waals surface area contributed by atoms with Crippen LogP contribution in [0.2, 0.25) is 5.02 Å². The molecule has 21 heavy (non-hydrogen) atoms. The number of hydrogen-bond acceptors (Lipinski definition) is 3.